The Bertz CT molecular complexity index is 451. The zero-order valence-electron chi connectivity index (χ0n) is 12.0. The maximum Gasteiger partial charge on any atom is 0.231 e. The van der Waals surface area contributed by atoms with Crippen molar-refractivity contribution in [3.8, 4) is 0 Å². The molecule has 6 nitrogen and oxygen atoms in total. The molecule has 1 aliphatic heterocycles. The fourth-order valence-electron chi connectivity index (χ4n) is 2.19. The van der Waals surface area contributed by atoms with E-state index in [0.29, 0.717) is 19.1 Å². The predicted molar refractivity (Wildman–Crippen MR) is 70.3 cm³/mol. The van der Waals surface area contributed by atoms with Gasteiger partial charge < -0.3 is 10.1 Å². The van der Waals surface area contributed by atoms with Gasteiger partial charge in [-0.15, -0.1) is 0 Å². The molecule has 0 unspecified atom stereocenters. The van der Waals surface area contributed by atoms with Crippen molar-refractivity contribution in [3.63, 3.8) is 0 Å². The molecule has 1 N–H and O–H groups in total. The number of aromatic nitrogens is 3. The van der Waals surface area contributed by atoms with Gasteiger partial charge in [0.05, 0.1) is 24.7 Å². The molecule has 1 aromatic rings. The number of hydrogen-bond donors (Lipinski definition) is 1. The molecule has 0 aromatic carbocycles. The highest BCUT2D eigenvalue weighted by atomic mass is 16.5. The summed E-state index contributed by atoms with van der Waals surface area (Å²) in [5.41, 5.74) is -0.395. The third-order valence-corrected chi connectivity index (χ3v) is 3.46. The van der Waals surface area contributed by atoms with Gasteiger partial charge in [0.2, 0.25) is 5.91 Å². The molecule has 0 spiro atoms. The lowest BCUT2D eigenvalue weighted by molar-refractivity contribution is -0.158. The van der Waals surface area contributed by atoms with Gasteiger partial charge in [-0.05, 0) is 19.3 Å². The molecule has 1 fully saturated rings. The third kappa shape index (κ3) is 2.94. The minimum Gasteiger partial charge on any atom is -0.379 e. The molecule has 2 rings (SSSR count). The van der Waals surface area contributed by atoms with Crippen LogP contribution < -0.4 is 5.32 Å². The Labute approximate surface area is 113 Å². The van der Waals surface area contributed by atoms with E-state index in [4.69, 9.17) is 4.74 Å². The smallest absolute Gasteiger partial charge is 0.231 e. The van der Waals surface area contributed by atoms with E-state index in [1.54, 1.807) is 4.68 Å². The Morgan fingerprint density at radius 3 is 2.68 bits per heavy atom. The first kappa shape index (κ1) is 14.0. The summed E-state index contributed by atoms with van der Waals surface area (Å²) in [4.78, 5) is 16.6. The van der Waals surface area contributed by atoms with Crippen LogP contribution in [0.5, 0.6) is 0 Å². The lowest BCUT2D eigenvalue weighted by Crippen LogP contribution is -2.52. The molecule has 0 bridgehead atoms. The summed E-state index contributed by atoms with van der Waals surface area (Å²) in [6, 6.07) is -0.0996. The Morgan fingerprint density at radius 2 is 2.26 bits per heavy atom. The van der Waals surface area contributed by atoms with E-state index in [-0.39, 0.29) is 11.9 Å². The maximum absolute atomic E-state index is 12.3. The lowest BCUT2D eigenvalue weighted by Gasteiger charge is -2.37. The van der Waals surface area contributed by atoms with Crippen LogP contribution in [0.25, 0.3) is 0 Å². The first-order valence-electron chi connectivity index (χ1n) is 6.65. The zero-order chi connectivity index (χ0) is 14.0. The van der Waals surface area contributed by atoms with Gasteiger partial charge in [0, 0.05) is 7.05 Å². The molecule has 1 amide bonds. The van der Waals surface area contributed by atoms with Gasteiger partial charge in [-0.25, -0.2) is 4.98 Å². The summed E-state index contributed by atoms with van der Waals surface area (Å²) in [5.74, 6) is 1.30. The number of aryl methyl sites for hydroxylation is 1. The number of carbonyl (C=O) groups is 1. The molecule has 0 aliphatic carbocycles. The van der Waals surface area contributed by atoms with Gasteiger partial charge in [-0.1, -0.05) is 13.8 Å². The minimum absolute atomic E-state index is 0.0346. The van der Waals surface area contributed by atoms with E-state index in [2.05, 4.69) is 29.2 Å². The monoisotopic (exact) mass is 266 g/mol. The average Bonchev–Trinajstić information content (AvgIpc) is 2.70. The van der Waals surface area contributed by atoms with Crippen molar-refractivity contribution in [2.45, 2.75) is 33.2 Å². The number of nitrogens with one attached hydrogen (secondary N) is 1. The van der Waals surface area contributed by atoms with Crippen molar-refractivity contribution in [2.75, 3.05) is 13.2 Å². The van der Waals surface area contributed by atoms with Gasteiger partial charge in [0.15, 0.2) is 0 Å². The number of rotatable bonds is 5. The Balaban J connectivity index is 2.10. The van der Waals surface area contributed by atoms with E-state index in [1.807, 2.05) is 14.0 Å². The lowest BCUT2D eigenvalue weighted by atomic mass is 9.87. The van der Waals surface area contributed by atoms with E-state index in [9.17, 15) is 4.79 Å². The first-order valence-corrected chi connectivity index (χ1v) is 6.65. The highest BCUT2D eigenvalue weighted by Gasteiger charge is 2.42. The normalized spacial score (nSPS) is 19.0. The maximum atomic E-state index is 12.3. The zero-order valence-corrected chi connectivity index (χ0v) is 12.0. The van der Waals surface area contributed by atoms with Crippen molar-refractivity contribution in [1.82, 2.24) is 20.1 Å². The van der Waals surface area contributed by atoms with Crippen molar-refractivity contribution in [3.05, 3.63) is 12.2 Å². The fourth-order valence-corrected chi connectivity index (χ4v) is 2.19. The van der Waals surface area contributed by atoms with Gasteiger partial charge in [0.25, 0.3) is 0 Å². The SMILES string of the molecule is CC(C)C[C@@H](NC(=O)C1(C)COC1)c1ncnn1C. The van der Waals surface area contributed by atoms with Crippen molar-refractivity contribution in [1.29, 1.82) is 0 Å². The largest absolute Gasteiger partial charge is 0.379 e. The van der Waals surface area contributed by atoms with Crippen LogP contribution in [-0.2, 0) is 16.6 Å². The molecule has 0 saturated carbocycles. The van der Waals surface area contributed by atoms with Crippen LogP contribution in [0.4, 0.5) is 0 Å². The van der Waals surface area contributed by atoms with Crippen LogP contribution in [0.1, 0.15) is 39.1 Å². The van der Waals surface area contributed by atoms with Crippen LogP contribution in [0, 0.1) is 11.3 Å². The highest BCUT2D eigenvalue weighted by molar-refractivity contribution is 5.83. The molecule has 1 aliphatic rings. The Hall–Kier alpha value is -1.43. The van der Waals surface area contributed by atoms with E-state index in [1.165, 1.54) is 6.33 Å². The van der Waals surface area contributed by atoms with E-state index < -0.39 is 5.41 Å². The second-order valence-electron chi connectivity index (χ2n) is 5.95. The molecule has 6 heteroatoms. The number of amides is 1. The number of carbonyl (C=O) groups excluding carboxylic acids is 1. The summed E-state index contributed by atoms with van der Waals surface area (Å²) < 4.78 is 6.86. The highest BCUT2D eigenvalue weighted by Crippen LogP contribution is 2.28. The van der Waals surface area contributed by atoms with E-state index >= 15 is 0 Å². The summed E-state index contributed by atoms with van der Waals surface area (Å²) in [7, 11) is 1.84. The molecular weight excluding hydrogens is 244 g/mol. The number of hydrogen-bond acceptors (Lipinski definition) is 4. The van der Waals surface area contributed by atoms with Crippen molar-refractivity contribution in [2.24, 2.45) is 18.4 Å². The Kier molecular flexibility index (Phi) is 3.89. The number of ether oxygens (including phenoxy) is 1. The average molecular weight is 266 g/mol. The van der Waals surface area contributed by atoms with Gasteiger partial charge in [0.1, 0.15) is 12.2 Å². The van der Waals surface area contributed by atoms with Crippen LogP contribution in [0.3, 0.4) is 0 Å². The molecule has 0 radical (unpaired) electrons. The molecule has 2 heterocycles. The molecular formula is C13H22N4O2. The standard InChI is InChI=1S/C13H22N4O2/c1-9(2)5-10(11-14-8-15-17(11)4)16-12(18)13(3)6-19-7-13/h8-10H,5-7H2,1-4H3,(H,16,18)/t10-/m1/s1. The minimum atomic E-state index is -0.395. The molecule has 1 saturated heterocycles. The predicted octanol–water partition coefficient (Wildman–Crippen LogP) is 1.05. The summed E-state index contributed by atoms with van der Waals surface area (Å²) in [6.45, 7) is 7.17. The van der Waals surface area contributed by atoms with Crippen LogP contribution in [0.2, 0.25) is 0 Å². The summed E-state index contributed by atoms with van der Waals surface area (Å²) >= 11 is 0. The van der Waals surface area contributed by atoms with Crippen molar-refractivity contribution < 1.29 is 9.53 Å². The third-order valence-electron chi connectivity index (χ3n) is 3.46. The second-order valence-corrected chi connectivity index (χ2v) is 5.95. The van der Waals surface area contributed by atoms with E-state index in [0.717, 1.165) is 12.2 Å². The Morgan fingerprint density at radius 1 is 1.58 bits per heavy atom. The molecule has 106 valence electrons. The topological polar surface area (TPSA) is 69.0 Å². The molecule has 1 aromatic heterocycles. The quantitative estimate of drug-likeness (QED) is 0.865. The van der Waals surface area contributed by atoms with Crippen molar-refractivity contribution >= 4 is 5.91 Å². The first-order chi connectivity index (χ1) is 8.92. The number of nitrogens with zero attached hydrogens (tertiary/aromatic N) is 3. The van der Waals surface area contributed by atoms with Crippen LogP contribution >= 0.6 is 0 Å². The second kappa shape index (κ2) is 5.28. The van der Waals surface area contributed by atoms with Gasteiger partial charge >= 0.3 is 0 Å². The molecule has 1 atom stereocenters. The molecule has 19 heavy (non-hydrogen) atoms. The van der Waals surface area contributed by atoms with Crippen LogP contribution in [0.15, 0.2) is 6.33 Å². The summed E-state index contributed by atoms with van der Waals surface area (Å²) in [5, 5.41) is 7.17. The summed E-state index contributed by atoms with van der Waals surface area (Å²) in [6.07, 6.45) is 2.36. The van der Waals surface area contributed by atoms with Gasteiger partial charge in [-0.3, -0.25) is 9.48 Å². The fraction of sp³-hybridized carbons (Fsp3) is 0.769. The van der Waals surface area contributed by atoms with Gasteiger partial charge in [-0.2, -0.15) is 5.10 Å². The van der Waals surface area contributed by atoms with Crippen LogP contribution in [-0.4, -0.2) is 33.9 Å².